The van der Waals surface area contributed by atoms with Gasteiger partial charge in [-0.15, -0.1) is 6.42 Å². The van der Waals surface area contributed by atoms with Crippen LogP contribution in [0.4, 0.5) is 0 Å². The van der Waals surface area contributed by atoms with Crippen molar-refractivity contribution in [2.45, 2.75) is 45.4 Å². The molecular formula is C14H26N2. The molecule has 1 aliphatic rings. The minimum atomic E-state index is 0.417. The van der Waals surface area contributed by atoms with Crippen LogP contribution < -0.4 is 5.73 Å². The van der Waals surface area contributed by atoms with Crippen LogP contribution in [0.1, 0.15) is 45.4 Å². The third-order valence-electron chi connectivity index (χ3n) is 4.07. The Morgan fingerprint density at radius 2 is 2.00 bits per heavy atom. The summed E-state index contributed by atoms with van der Waals surface area (Å²) in [6.45, 7) is 5.95. The lowest BCUT2D eigenvalue weighted by atomic mass is 9.72. The summed E-state index contributed by atoms with van der Waals surface area (Å²) in [6.07, 6.45) is 13.3. The molecule has 2 nitrogen and oxygen atoms in total. The van der Waals surface area contributed by atoms with Gasteiger partial charge in [0, 0.05) is 0 Å². The fourth-order valence-corrected chi connectivity index (χ4v) is 2.73. The summed E-state index contributed by atoms with van der Waals surface area (Å²) in [5.41, 5.74) is 6.40. The average Bonchev–Trinajstić information content (AvgIpc) is 2.35. The van der Waals surface area contributed by atoms with Gasteiger partial charge in [-0.05, 0) is 44.3 Å². The summed E-state index contributed by atoms with van der Waals surface area (Å²) >= 11 is 0. The molecule has 2 N–H and O–H groups in total. The van der Waals surface area contributed by atoms with Gasteiger partial charge in [-0.3, -0.25) is 4.90 Å². The smallest absolute Gasteiger partial charge is 0.0598 e. The largest absolute Gasteiger partial charge is 0.330 e. The monoisotopic (exact) mass is 222 g/mol. The molecule has 16 heavy (non-hydrogen) atoms. The predicted octanol–water partition coefficient (Wildman–Crippen LogP) is 2.24. The van der Waals surface area contributed by atoms with E-state index in [4.69, 9.17) is 12.2 Å². The minimum absolute atomic E-state index is 0.417. The van der Waals surface area contributed by atoms with Crippen molar-refractivity contribution >= 4 is 0 Å². The molecule has 1 aliphatic carbocycles. The Bertz CT molecular complexity index is 223. The predicted molar refractivity (Wildman–Crippen MR) is 70.1 cm³/mol. The van der Waals surface area contributed by atoms with Crippen LogP contribution in [0.15, 0.2) is 0 Å². The first-order valence-corrected chi connectivity index (χ1v) is 6.62. The number of hydrogen-bond donors (Lipinski definition) is 1. The molecule has 0 aromatic carbocycles. The second kappa shape index (κ2) is 6.93. The summed E-state index contributed by atoms with van der Waals surface area (Å²) in [4.78, 5) is 2.34. The maximum atomic E-state index is 5.98. The van der Waals surface area contributed by atoms with Crippen LogP contribution in [-0.2, 0) is 0 Å². The number of rotatable bonds is 6. The van der Waals surface area contributed by atoms with E-state index in [9.17, 15) is 0 Å². The van der Waals surface area contributed by atoms with Gasteiger partial charge in [0.1, 0.15) is 0 Å². The van der Waals surface area contributed by atoms with Crippen LogP contribution >= 0.6 is 0 Å². The third kappa shape index (κ3) is 3.81. The van der Waals surface area contributed by atoms with Gasteiger partial charge in [-0.25, -0.2) is 0 Å². The molecule has 0 saturated heterocycles. The molecule has 1 rings (SSSR count). The molecule has 0 atom stereocenters. The Morgan fingerprint density at radius 3 is 2.50 bits per heavy atom. The second-order valence-corrected chi connectivity index (χ2v) is 5.09. The van der Waals surface area contributed by atoms with Crippen LogP contribution in [0.3, 0.4) is 0 Å². The molecule has 0 aliphatic heterocycles. The quantitative estimate of drug-likeness (QED) is 0.698. The fraction of sp³-hybridized carbons (Fsp3) is 0.857. The van der Waals surface area contributed by atoms with Crippen molar-refractivity contribution in [1.29, 1.82) is 0 Å². The zero-order valence-electron chi connectivity index (χ0n) is 10.7. The molecule has 0 aromatic heterocycles. The Kier molecular flexibility index (Phi) is 5.87. The summed E-state index contributed by atoms with van der Waals surface area (Å²) < 4.78 is 0. The normalized spacial score (nSPS) is 19.6. The highest BCUT2D eigenvalue weighted by atomic mass is 15.1. The SMILES string of the molecule is C#CCN(CC)CCC1(CN)CCCCC1. The van der Waals surface area contributed by atoms with E-state index in [1.807, 2.05) is 0 Å². The molecule has 1 fully saturated rings. The molecule has 1 saturated carbocycles. The highest BCUT2D eigenvalue weighted by Crippen LogP contribution is 2.38. The van der Waals surface area contributed by atoms with Crippen molar-refractivity contribution in [2.24, 2.45) is 11.1 Å². The molecule has 0 radical (unpaired) electrons. The summed E-state index contributed by atoms with van der Waals surface area (Å²) in [5, 5.41) is 0. The van der Waals surface area contributed by atoms with Crippen molar-refractivity contribution < 1.29 is 0 Å². The maximum absolute atomic E-state index is 5.98. The van der Waals surface area contributed by atoms with E-state index in [1.165, 1.54) is 38.5 Å². The van der Waals surface area contributed by atoms with Gasteiger partial charge in [-0.1, -0.05) is 32.1 Å². The number of nitrogens with zero attached hydrogens (tertiary/aromatic N) is 1. The Labute approximate surface area is 101 Å². The van der Waals surface area contributed by atoms with Gasteiger partial charge in [0.15, 0.2) is 0 Å². The Morgan fingerprint density at radius 1 is 1.31 bits per heavy atom. The fourth-order valence-electron chi connectivity index (χ4n) is 2.73. The highest BCUT2D eigenvalue weighted by molar-refractivity contribution is 4.89. The van der Waals surface area contributed by atoms with Crippen molar-refractivity contribution in [3.63, 3.8) is 0 Å². The lowest BCUT2D eigenvalue weighted by Gasteiger charge is -2.37. The van der Waals surface area contributed by atoms with Gasteiger partial charge in [-0.2, -0.15) is 0 Å². The van der Waals surface area contributed by atoms with Crippen molar-refractivity contribution in [1.82, 2.24) is 4.90 Å². The highest BCUT2D eigenvalue weighted by Gasteiger charge is 2.30. The summed E-state index contributed by atoms with van der Waals surface area (Å²) in [7, 11) is 0. The molecular weight excluding hydrogens is 196 g/mol. The molecule has 92 valence electrons. The van der Waals surface area contributed by atoms with E-state index in [1.54, 1.807) is 0 Å². The molecule has 0 heterocycles. The average molecular weight is 222 g/mol. The zero-order chi connectivity index (χ0) is 11.9. The van der Waals surface area contributed by atoms with Crippen LogP contribution in [0, 0.1) is 17.8 Å². The zero-order valence-corrected chi connectivity index (χ0v) is 10.7. The summed E-state index contributed by atoms with van der Waals surface area (Å²) in [6, 6.07) is 0. The number of terminal acetylenes is 1. The summed E-state index contributed by atoms with van der Waals surface area (Å²) in [5.74, 6) is 2.73. The van der Waals surface area contributed by atoms with Gasteiger partial charge in [0.05, 0.1) is 6.54 Å². The standard InChI is InChI=1S/C14H26N2/c1-3-11-16(4-2)12-10-14(13-15)8-6-5-7-9-14/h1H,4-13,15H2,2H3. The van der Waals surface area contributed by atoms with Crippen molar-refractivity contribution in [3.05, 3.63) is 0 Å². The first-order chi connectivity index (χ1) is 7.76. The van der Waals surface area contributed by atoms with Gasteiger partial charge < -0.3 is 5.73 Å². The lowest BCUT2D eigenvalue weighted by Crippen LogP contribution is -2.37. The van der Waals surface area contributed by atoms with Crippen molar-refractivity contribution in [3.8, 4) is 12.3 Å². The van der Waals surface area contributed by atoms with Gasteiger partial charge in [0.2, 0.25) is 0 Å². The first-order valence-electron chi connectivity index (χ1n) is 6.62. The number of nitrogens with two attached hydrogens (primary N) is 1. The van der Waals surface area contributed by atoms with Crippen LogP contribution in [0.5, 0.6) is 0 Å². The van der Waals surface area contributed by atoms with Crippen LogP contribution in [0.2, 0.25) is 0 Å². The Balaban J connectivity index is 2.40. The molecule has 2 heteroatoms. The van der Waals surface area contributed by atoms with Gasteiger partial charge in [0.25, 0.3) is 0 Å². The van der Waals surface area contributed by atoms with Crippen molar-refractivity contribution in [2.75, 3.05) is 26.2 Å². The molecule has 0 unspecified atom stereocenters. The second-order valence-electron chi connectivity index (χ2n) is 5.09. The van der Waals surface area contributed by atoms with E-state index < -0.39 is 0 Å². The van der Waals surface area contributed by atoms with Crippen LogP contribution in [-0.4, -0.2) is 31.1 Å². The van der Waals surface area contributed by atoms with E-state index in [0.717, 1.165) is 26.2 Å². The van der Waals surface area contributed by atoms with Crippen LogP contribution in [0.25, 0.3) is 0 Å². The Hall–Kier alpha value is -0.520. The third-order valence-corrected chi connectivity index (χ3v) is 4.07. The van der Waals surface area contributed by atoms with Gasteiger partial charge >= 0.3 is 0 Å². The lowest BCUT2D eigenvalue weighted by molar-refractivity contribution is 0.154. The van der Waals surface area contributed by atoms with E-state index in [2.05, 4.69) is 17.7 Å². The topological polar surface area (TPSA) is 29.3 Å². The molecule has 0 bridgehead atoms. The maximum Gasteiger partial charge on any atom is 0.0598 e. The van der Waals surface area contributed by atoms with E-state index >= 15 is 0 Å². The van der Waals surface area contributed by atoms with E-state index in [0.29, 0.717) is 5.41 Å². The molecule has 0 spiro atoms. The molecule has 0 amide bonds. The molecule has 0 aromatic rings. The minimum Gasteiger partial charge on any atom is -0.330 e. The van der Waals surface area contributed by atoms with E-state index in [-0.39, 0.29) is 0 Å². The first kappa shape index (κ1) is 13.5. The number of hydrogen-bond acceptors (Lipinski definition) is 2.